The maximum Gasteiger partial charge on any atom is 0.224 e. The monoisotopic (exact) mass is 347 g/mol. The van der Waals surface area contributed by atoms with Crippen LogP contribution in [-0.2, 0) is 17.8 Å². The molecule has 0 heterocycles. The van der Waals surface area contributed by atoms with Gasteiger partial charge in [-0.15, -0.1) is 0 Å². The van der Waals surface area contributed by atoms with Gasteiger partial charge in [0.15, 0.2) is 0 Å². The highest BCUT2D eigenvalue weighted by Crippen LogP contribution is 2.14. The fourth-order valence-electron chi connectivity index (χ4n) is 2.01. The Morgan fingerprint density at radius 2 is 1.90 bits per heavy atom. The number of carbonyl (C=O) groups is 1. The SMILES string of the molecule is CCOc1cccc(CNC(=O)Cc2cccc(Br)c2)c1. The molecule has 0 fully saturated rings. The van der Waals surface area contributed by atoms with E-state index in [1.807, 2.05) is 55.5 Å². The van der Waals surface area contributed by atoms with Crippen LogP contribution < -0.4 is 10.1 Å². The Labute approximate surface area is 133 Å². The minimum atomic E-state index is 0.00918. The lowest BCUT2D eigenvalue weighted by atomic mass is 10.1. The molecule has 0 atom stereocenters. The highest BCUT2D eigenvalue weighted by atomic mass is 79.9. The molecule has 0 aromatic heterocycles. The molecule has 0 unspecified atom stereocenters. The van der Waals surface area contributed by atoms with Crippen LogP contribution >= 0.6 is 15.9 Å². The summed E-state index contributed by atoms with van der Waals surface area (Å²) in [5.74, 6) is 0.839. The van der Waals surface area contributed by atoms with Gasteiger partial charge in [0, 0.05) is 11.0 Å². The number of ether oxygens (including phenoxy) is 1. The Morgan fingerprint density at radius 3 is 2.67 bits per heavy atom. The van der Waals surface area contributed by atoms with Crippen molar-refractivity contribution >= 4 is 21.8 Å². The van der Waals surface area contributed by atoms with Crippen molar-refractivity contribution in [3.63, 3.8) is 0 Å². The molecule has 0 aliphatic heterocycles. The van der Waals surface area contributed by atoms with Crippen molar-refractivity contribution in [1.29, 1.82) is 0 Å². The van der Waals surface area contributed by atoms with Crippen molar-refractivity contribution in [2.24, 2.45) is 0 Å². The lowest BCUT2D eigenvalue weighted by Gasteiger charge is -2.08. The molecule has 2 aromatic carbocycles. The second-order valence-electron chi connectivity index (χ2n) is 4.66. The smallest absolute Gasteiger partial charge is 0.224 e. The minimum Gasteiger partial charge on any atom is -0.494 e. The molecule has 4 heteroatoms. The summed E-state index contributed by atoms with van der Waals surface area (Å²) in [6, 6.07) is 15.5. The second kappa shape index (κ2) is 7.84. The maximum atomic E-state index is 12.0. The zero-order chi connectivity index (χ0) is 15.1. The van der Waals surface area contributed by atoms with Crippen molar-refractivity contribution in [2.45, 2.75) is 19.9 Å². The molecule has 0 radical (unpaired) electrons. The molecule has 0 saturated heterocycles. The molecule has 1 amide bonds. The predicted octanol–water partition coefficient (Wildman–Crippen LogP) is 3.71. The van der Waals surface area contributed by atoms with Gasteiger partial charge in [0.05, 0.1) is 13.0 Å². The first-order valence-corrected chi connectivity index (χ1v) is 7.69. The van der Waals surface area contributed by atoms with Gasteiger partial charge < -0.3 is 10.1 Å². The number of rotatable bonds is 6. The third kappa shape index (κ3) is 5.23. The van der Waals surface area contributed by atoms with E-state index in [-0.39, 0.29) is 5.91 Å². The van der Waals surface area contributed by atoms with Crippen LogP contribution in [0.1, 0.15) is 18.1 Å². The molecule has 0 aliphatic carbocycles. The molecule has 110 valence electrons. The largest absolute Gasteiger partial charge is 0.494 e. The van der Waals surface area contributed by atoms with E-state index in [0.717, 1.165) is 21.3 Å². The molecular formula is C17H18BrNO2. The summed E-state index contributed by atoms with van der Waals surface area (Å²) >= 11 is 3.40. The zero-order valence-electron chi connectivity index (χ0n) is 11.9. The Morgan fingerprint density at radius 1 is 1.14 bits per heavy atom. The van der Waals surface area contributed by atoms with Crippen LogP contribution in [0.2, 0.25) is 0 Å². The Balaban J connectivity index is 1.87. The average Bonchev–Trinajstić information content (AvgIpc) is 2.46. The Bertz CT molecular complexity index is 613. The number of benzene rings is 2. The highest BCUT2D eigenvalue weighted by Gasteiger charge is 2.04. The average molecular weight is 348 g/mol. The zero-order valence-corrected chi connectivity index (χ0v) is 13.5. The van der Waals surface area contributed by atoms with Crippen molar-refractivity contribution in [1.82, 2.24) is 5.32 Å². The normalized spacial score (nSPS) is 10.2. The maximum absolute atomic E-state index is 12.0. The first-order valence-electron chi connectivity index (χ1n) is 6.90. The van der Waals surface area contributed by atoms with Crippen LogP contribution in [0.25, 0.3) is 0 Å². The molecule has 0 bridgehead atoms. The van der Waals surface area contributed by atoms with Crippen molar-refractivity contribution in [3.8, 4) is 5.75 Å². The minimum absolute atomic E-state index is 0.00918. The number of halogens is 1. The van der Waals surface area contributed by atoms with E-state index < -0.39 is 0 Å². The van der Waals surface area contributed by atoms with Crippen LogP contribution in [0.15, 0.2) is 53.0 Å². The Hall–Kier alpha value is -1.81. The lowest BCUT2D eigenvalue weighted by Crippen LogP contribution is -2.24. The standard InChI is InChI=1S/C17H18BrNO2/c1-2-21-16-8-4-6-14(10-16)12-19-17(20)11-13-5-3-7-15(18)9-13/h3-10H,2,11-12H2,1H3,(H,19,20). The van der Waals surface area contributed by atoms with Gasteiger partial charge in [-0.25, -0.2) is 0 Å². The molecule has 0 aliphatic rings. The van der Waals surface area contributed by atoms with Gasteiger partial charge in [-0.1, -0.05) is 40.2 Å². The van der Waals surface area contributed by atoms with Crippen molar-refractivity contribution in [3.05, 3.63) is 64.1 Å². The van der Waals surface area contributed by atoms with E-state index in [0.29, 0.717) is 19.6 Å². The summed E-state index contributed by atoms with van der Waals surface area (Å²) in [5, 5.41) is 2.93. The Kier molecular flexibility index (Phi) is 5.81. The summed E-state index contributed by atoms with van der Waals surface area (Å²) in [6.45, 7) is 3.10. The first-order chi connectivity index (χ1) is 10.2. The van der Waals surface area contributed by atoms with Crippen molar-refractivity contribution in [2.75, 3.05) is 6.61 Å². The van der Waals surface area contributed by atoms with E-state index in [1.54, 1.807) is 0 Å². The fourth-order valence-corrected chi connectivity index (χ4v) is 2.45. The number of amides is 1. The number of hydrogen-bond acceptors (Lipinski definition) is 2. The quantitative estimate of drug-likeness (QED) is 0.864. The van der Waals surface area contributed by atoms with E-state index in [4.69, 9.17) is 4.74 Å². The van der Waals surface area contributed by atoms with Gasteiger partial charge in [-0.05, 0) is 42.3 Å². The summed E-state index contributed by atoms with van der Waals surface area (Å²) in [7, 11) is 0. The van der Waals surface area contributed by atoms with Gasteiger partial charge in [-0.3, -0.25) is 4.79 Å². The van der Waals surface area contributed by atoms with Crippen LogP contribution in [0.3, 0.4) is 0 Å². The molecule has 0 spiro atoms. The van der Waals surface area contributed by atoms with Crippen LogP contribution in [0.5, 0.6) is 5.75 Å². The molecule has 3 nitrogen and oxygen atoms in total. The van der Waals surface area contributed by atoms with Gasteiger partial charge in [0.25, 0.3) is 0 Å². The van der Waals surface area contributed by atoms with Crippen LogP contribution in [-0.4, -0.2) is 12.5 Å². The molecule has 21 heavy (non-hydrogen) atoms. The molecule has 0 saturated carbocycles. The summed E-state index contributed by atoms with van der Waals surface area (Å²) in [5.41, 5.74) is 2.02. The molecular weight excluding hydrogens is 330 g/mol. The lowest BCUT2D eigenvalue weighted by molar-refractivity contribution is -0.120. The van der Waals surface area contributed by atoms with E-state index in [1.165, 1.54) is 0 Å². The van der Waals surface area contributed by atoms with Crippen LogP contribution in [0, 0.1) is 0 Å². The van der Waals surface area contributed by atoms with E-state index in [2.05, 4.69) is 21.2 Å². The molecule has 1 N–H and O–H groups in total. The first kappa shape index (κ1) is 15.6. The van der Waals surface area contributed by atoms with Gasteiger partial charge in [0.1, 0.15) is 5.75 Å². The second-order valence-corrected chi connectivity index (χ2v) is 5.58. The molecule has 2 aromatic rings. The predicted molar refractivity (Wildman–Crippen MR) is 87.3 cm³/mol. The number of carbonyl (C=O) groups excluding carboxylic acids is 1. The third-order valence-corrected chi connectivity index (χ3v) is 3.45. The number of nitrogens with one attached hydrogen (secondary N) is 1. The van der Waals surface area contributed by atoms with E-state index in [9.17, 15) is 4.79 Å². The fraction of sp³-hybridized carbons (Fsp3) is 0.235. The van der Waals surface area contributed by atoms with Crippen LogP contribution in [0.4, 0.5) is 0 Å². The topological polar surface area (TPSA) is 38.3 Å². The van der Waals surface area contributed by atoms with Gasteiger partial charge in [0.2, 0.25) is 5.91 Å². The van der Waals surface area contributed by atoms with Gasteiger partial charge in [-0.2, -0.15) is 0 Å². The summed E-state index contributed by atoms with van der Waals surface area (Å²) in [6.07, 6.45) is 0.380. The highest BCUT2D eigenvalue weighted by molar-refractivity contribution is 9.10. The summed E-state index contributed by atoms with van der Waals surface area (Å²) < 4.78 is 6.43. The van der Waals surface area contributed by atoms with E-state index >= 15 is 0 Å². The number of hydrogen-bond donors (Lipinski definition) is 1. The van der Waals surface area contributed by atoms with Gasteiger partial charge >= 0.3 is 0 Å². The third-order valence-electron chi connectivity index (χ3n) is 2.95. The molecule has 2 rings (SSSR count). The van der Waals surface area contributed by atoms with Crippen molar-refractivity contribution < 1.29 is 9.53 Å². The summed E-state index contributed by atoms with van der Waals surface area (Å²) in [4.78, 5) is 12.0.